The molecule has 144 valence electrons. The Morgan fingerprint density at radius 3 is 1.44 bits per heavy atom. The van der Waals surface area contributed by atoms with E-state index >= 15 is 0 Å². The molecule has 27 heavy (non-hydrogen) atoms. The number of carbonyl (C=O) groups is 1. The number of benzene rings is 2. The van der Waals surface area contributed by atoms with Crippen LogP contribution < -0.4 is 15.4 Å². The molecule has 0 spiro atoms. The molecule has 0 bridgehead atoms. The minimum absolute atomic E-state index is 0.231. The number of anilines is 2. The van der Waals surface area contributed by atoms with Crippen LogP contribution in [0.15, 0.2) is 73.1 Å². The number of aliphatic carboxylic acids is 1. The van der Waals surface area contributed by atoms with Crippen LogP contribution in [-0.2, 0) is 4.79 Å². The molecule has 0 amide bonds. The smallest absolute Gasteiger partial charge is 0.305 e. The highest BCUT2D eigenvalue weighted by Crippen LogP contribution is 2.24. The van der Waals surface area contributed by atoms with Crippen LogP contribution in [0, 0.1) is 5.92 Å². The summed E-state index contributed by atoms with van der Waals surface area (Å²) in [5, 5.41) is 14.3. The molecule has 0 unspecified atom stereocenters. The second kappa shape index (κ2) is 12.2. The van der Waals surface area contributed by atoms with Crippen molar-refractivity contribution in [2.75, 3.05) is 10.6 Å². The lowest BCUT2D eigenvalue weighted by molar-refractivity contribution is -0.140. The van der Waals surface area contributed by atoms with Gasteiger partial charge in [0.15, 0.2) is 0 Å². The summed E-state index contributed by atoms with van der Waals surface area (Å²) >= 11 is 0. The molecule has 5 nitrogen and oxygen atoms in total. The summed E-state index contributed by atoms with van der Waals surface area (Å²) in [6.07, 6.45) is 7.69. The molecular weight excluding hydrogens is 340 g/mol. The number of hydrogen-bond acceptors (Lipinski definition) is 4. The van der Waals surface area contributed by atoms with E-state index in [9.17, 15) is 4.79 Å². The molecule has 0 heterocycles. The number of allylic oxidation sites excluding steroid dienone is 2. The molecule has 2 rings (SSSR count). The van der Waals surface area contributed by atoms with E-state index in [0.717, 1.165) is 22.9 Å². The highest BCUT2D eigenvalue weighted by molar-refractivity contribution is 5.68. The number of carboxylic acid groups (broad SMARTS) is 1. The third-order valence-corrected chi connectivity index (χ3v) is 3.27. The predicted molar refractivity (Wildman–Crippen MR) is 112 cm³/mol. The summed E-state index contributed by atoms with van der Waals surface area (Å²) in [6.45, 7) is 7.23. The van der Waals surface area contributed by atoms with Crippen LogP contribution >= 0.6 is 0 Å². The zero-order valence-corrected chi connectivity index (χ0v) is 16.3. The summed E-state index contributed by atoms with van der Waals surface area (Å²) in [5.41, 5.74) is 2.07. The molecule has 5 heteroatoms. The van der Waals surface area contributed by atoms with E-state index in [1.54, 1.807) is 13.8 Å². The molecule has 0 saturated heterocycles. The van der Waals surface area contributed by atoms with Crippen molar-refractivity contribution in [3.05, 3.63) is 73.1 Å². The van der Waals surface area contributed by atoms with Gasteiger partial charge in [-0.05, 0) is 74.8 Å². The van der Waals surface area contributed by atoms with E-state index in [1.165, 1.54) is 0 Å². The predicted octanol–water partition coefficient (Wildman–Crippen LogP) is 6.10. The van der Waals surface area contributed by atoms with Gasteiger partial charge in [0.1, 0.15) is 11.5 Å². The van der Waals surface area contributed by atoms with Crippen LogP contribution in [0.3, 0.4) is 0 Å². The van der Waals surface area contributed by atoms with Gasteiger partial charge >= 0.3 is 5.97 Å². The summed E-state index contributed by atoms with van der Waals surface area (Å²) in [7, 11) is 0. The van der Waals surface area contributed by atoms with Gasteiger partial charge < -0.3 is 20.5 Å². The number of hydrogen-bond donors (Lipinski definition) is 3. The normalized spacial score (nSPS) is 10.6. The number of rotatable bonds is 7. The van der Waals surface area contributed by atoms with Crippen molar-refractivity contribution in [2.24, 2.45) is 5.92 Å². The molecule has 0 aliphatic rings. The molecule has 0 fully saturated rings. The molecule has 0 aromatic heterocycles. The van der Waals surface area contributed by atoms with E-state index in [4.69, 9.17) is 9.84 Å². The van der Waals surface area contributed by atoms with Gasteiger partial charge in [-0.2, -0.15) is 0 Å². The molecule has 0 radical (unpaired) electrons. The zero-order chi connectivity index (χ0) is 20.1. The van der Waals surface area contributed by atoms with Gasteiger partial charge in [-0.1, -0.05) is 26.0 Å². The second-order valence-corrected chi connectivity index (χ2v) is 5.93. The van der Waals surface area contributed by atoms with Crippen molar-refractivity contribution in [1.29, 1.82) is 0 Å². The van der Waals surface area contributed by atoms with Crippen LogP contribution in [-0.4, -0.2) is 11.1 Å². The lowest BCUT2D eigenvalue weighted by Crippen LogP contribution is -2.03. The fraction of sp³-hybridized carbons (Fsp3) is 0.227. The lowest BCUT2D eigenvalue weighted by atomic mass is 10.2. The first-order valence-corrected chi connectivity index (χ1v) is 8.82. The van der Waals surface area contributed by atoms with Gasteiger partial charge in [0.05, 0.1) is 5.92 Å². The van der Waals surface area contributed by atoms with E-state index in [2.05, 4.69) is 10.6 Å². The first-order valence-electron chi connectivity index (χ1n) is 8.82. The molecule has 0 aliphatic heterocycles. The van der Waals surface area contributed by atoms with Gasteiger partial charge in [-0.3, -0.25) is 4.79 Å². The summed E-state index contributed by atoms with van der Waals surface area (Å²) in [5.74, 6) is 0.658. The van der Waals surface area contributed by atoms with E-state index in [-0.39, 0.29) is 5.92 Å². The minimum Gasteiger partial charge on any atom is -0.481 e. The maximum Gasteiger partial charge on any atom is 0.305 e. The molecule has 0 aliphatic carbocycles. The second-order valence-electron chi connectivity index (χ2n) is 5.93. The third-order valence-electron chi connectivity index (χ3n) is 3.27. The Bertz CT molecular complexity index is 678. The van der Waals surface area contributed by atoms with Crippen molar-refractivity contribution in [2.45, 2.75) is 27.7 Å². The lowest BCUT2D eigenvalue weighted by Gasteiger charge is -2.08. The maximum atomic E-state index is 9.70. The largest absolute Gasteiger partial charge is 0.481 e. The maximum absolute atomic E-state index is 9.70. The first kappa shape index (κ1) is 21.8. The molecular formula is C22H28N2O3. The number of nitrogens with one attached hydrogen (secondary N) is 2. The Balaban J connectivity index is 0.000000527. The van der Waals surface area contributed by atoms with Gasteiger partial charge in [0, 0.05) is 11.4 Å². The minimum atomic E-state index is -0.741. The number of ether oxygens (including phenoxy) is 1. The van der Waals surface area contributed by atoms with Crippen LogP contribution in [0.2, 0.25) is 0 Å². The Morgan fingerprint density at radius 2 is 1.19 bits per heavy atom. The van der Waals surface area contributed by atoms with Gasteiger partial charge in [0.25, 0.3) is 0 Å². The summed E-state index contributed by atoms with van der Waals surface area (Å²) in [4.78, 5) is 9.70. The molecule has 3 N–H and O–H groups in total. The standard InChI is InChI=1S/C18H20N2O.C4H8O2/c1-3-13-19-15-5-9-17(10-6-15)21-18-11-7-16(8-12-18)20-14-4-2;1-3(2)4(5)6/h3-14,19-20H,1-2H3;3H,1-2H3,(H,5,6). The van der Waals surface area contributed by atoms with Gasteiger partial charge in [-0.15, -0.1) is 0 Å². The van der Waals surface area contributed by atoms with Crippen molar-refractivity contribution in [3.8, 4) is 11.5 Å². The number of carboxylic acids is 1. The Labute approximate surface area is 161 Å². The van der Waals surface area contributed by atoms with Crippen LogP contribution in [0.4, 0.5) is 11.4 Å². The summed E-state index contributed by atoms with van der Waals surface area (Å²) in [6, 6.07) is 15.7. The quantitative estimate of drug-likeness (QED) is 0.551. The summed E-state index contributed by atoms with van der Waals surface area (Å²) < 4.78 is 5.81. The first-order chi connectivity index (χ1) is 13.0. The van der Waals surface area contributed by atoms with Gasteiger partial charge in [0.2, 0.25) is 0 Å². The van der Waals surface area contributed by atoms with Crippen molar-refractivity contribution in [1.82, 2.24) is 0 Å². The van der Waals surface area contributed by atoms with Gasteiger partial charge in [-0.25, -0.2) is 0 Å². The van der Waals surface area contributed by atoms with Crippen LogP contribution in [0.1, 0.15) is 27.7 Å². The van der Waals surface area contributed by atoms with Crippen LogP contribution in [0.5, 0.6) is 11.5 Å². The molecule has 0 saturated carbocycles. The fourth-order valence-corrected chi connectivity index (χ4v) is 1.73. The highest BCUT2D eigenvalue weighted by atomic mass is 16.5. The van der Waals surface area contributed by atoms with E-state index in [1.807, 2.05) is 86.9 Å². The van der Waals surface area contributed by atoms with Crippen molar-refractivity contribution in [3.63, 3.8) is 0 Å². The average molecular weight is 368 g/mol. The average Bonchev–Trinajstić information content (AvgIpc) is 2.67. The Hall–Kier alpha value is -3.21. The van der Waals surface area contributed by atoms with Crippen LogP contribution in [0.25, 0.3) is 0 Å². The van der Waals surface area contributed by atoms with E-state index in [0.29, 0.717) is 0 Å². The molecule has 0 atom stereocenters. The Kier molecular flexibility index (Phi) is 9.86. The SMILES string of the molecule is CC(C)C(=O)O.CC=CNc1ccc(Oc2ccc(NC=CC)cc2)cc1. The van der Waals surface area contributed by atoms with E-state index < -0.39 is 5.97 Å². The van der Waals surface area contributed by atoms with Crippen molar-refractivity contribution < 1.29 is 14.6 Å². The molecule has 2 aromatic carbocycles. The Morgan fingerprint density at radius 1 is 0.852 bits per heavy atom. The van der Waals surface area contributed by atoms with Crippen molar-refractivity contribution >= 4 is 17.3 Å². The monoisotopic (exact) mass is 368 g/mol. The topological polar surface area (TPSA) is 70.6 Å². The highest BCUT2D eigenvalue weighted by Gasteiger charge is 1.99. The third kappa shape index (κ3) is 9.16. The zero-order valence-electron chi connectivity index (χ0n) is 16.3. The fourth-order valence-electron chi connectivity index (χ4n) is 1.73. The molecule has 2 aromatic rings.